The van der Waals surface area contributed by atoms with E-state index in [4.69, 9.17) is 5.11 Å². The Labute approximate surface area is 107 Å². The second-order valence-electron chi connectivity index (χ2n) is 6.76. The van der Waals surface area contributed by atoms with Crippen LogP contribution >= 0.6 is 0 Å². The second kappa shape index (κ2) is 4.25. The fourth-order valence-corrected chi connectivity index (χ4v) is 4.99. The lowest BCUT2D eigenvalue weighted by Gasteiger charge is -2.56. The molecule has 4 aliphatic rings. The Kier molecular flexibility index (Phi) is 2.83. The van der Waals surface area contributed by atoms with Crippen molar-refractivity contribution in [1.82, 2.24) is 5.32 Å². The normalized spacial score (nSPS) is 40.8. The van der Waals surface area contributed by atoms with Crippen LogP contribution < -0.4 is 5.32 Å². The van der Waals surface area contributed by atoms with Gasteiger partial charge in [-0.3, -0.25) is 9.59 Å². The fraction of sp³-hybridized carbons (Fsp3) is 0.857. The molecular formula is C14H21NO3. The predicted octanol–water partition coefficient (Wildman–Crippen LogP) is 1.79. The second-order valence-corrected chi connectivity index (χ2v) is 6.76. The lowest BCUT2D eigenvalue weighted by molar-refractivity contribution is -0.141. The van der Waals surface area contributed by atoms with Gasteiger partial charge < -0.3 is 10.4 Å². The van der Waals surface area contributed by atoms with E-state index in [1.54, 1.807) is 0 Å². The maximum absolute atomic E-state index is 11.5. The van der Waals surface area contributed by atoms with Crippen molar-refractivity contribution in [3.05, 3.63) is 0 Å². The largest absolute Gasteiger partial charge is 0.481 e. The summed E-state index contributed by atoms with van der Waals surface area (Å²) in [7, 11) is 0. The summed E-state index contributed by atoms with van der Waals surface area (Å²) in [5.74, 6) is 1.23. The third-order valence-corrected chi connectivity index (χ3v) is 5.14. The molecule has 4 nitrogen and oxygen atoms in total. The first kappa shape index (κ1) is 12.0. The van der Waals surface area contributed by atoms with Crippen LogP contribution in [-0.4, -0.2) is 23.5 Å². The van der Waals surface area contributed by atoms with Crippen LogP contribution in [-0.2, 0) is 9.59 Å². The van der Waals surface area contributed by atoms with Gasteiger partial charge in [-0.15, -0.1) is 0 Å². The molecule has 0 aromatic heterocycles. The Hall–Kier alpha value is -1.06. The molecule has 2 N–H and O–H groups in total. The number of carboxylic acids is 1. The third-order valence-electron chi connectivity index (χ3n) is 5.14. The summed E-state index contributed by atoms with van der Waals surface area (Å²) in [6.45, 7) is 0.697. The van der Waals surface area contributed by atoms with Crippen LogP contribution in [0.4, 0.5) is 0 Å². The average molecular weight is 251 g/mol. The standard InChI is InChI=1S/C14H21NO3/c16-12(4-13(17)18)15-8-14-5-9-1-10(6-14)3-11(2-9)7-14/h9-11H,1-8H2,(H,15,16)(H,17,18). The third kappa shape index (κ3) is 2.25. The summed E-state index contributed by atoms with van der Waals surface area (Å²) in [6.07, 6.45) is 7.50. The summed E-state index contributed by atoms with van der Waals surface area (Å²) in [5, 5.41) is 11.4. The summed E-state index contributed by atoms with van der Waals surface area (Å²) >= 11 is 0. The van der Waals surface area contributed by atoms with E-state index in [1.807, 2.05) is 0 Å². The van der Waals surface area contributed by atoms with E-state index in [9.17, 15) is 9.59 Å². The van der Waals surface area contributed by atoms with Gasteiger partial charge in [0.15, 0.2) is 0 Å². The van der Waals surface area contributed by atoms with Gasteiger partial charge in [-0.25, -0.2) is 0 Å². The molecule has 4 aliphatic carbocycles. The highest BCUT2D eigenvalue weighted by Gasteiger charge is 2.50. The molecule has 0 heterocycles. The molecule has 100 valence electrons. The highest BCUT2D eigenvalue weighted by atomic mass is 16.4. The number of hydrogen-bond donors (Lipinski definition) is 2. The summed E-state index contributed by atoms with van der Waals surface area (Å²) in [5.41, 5.74) is 0.295. The summed E-state index contributed by atoms with van der Waals surface area (Å²) in [6, 6.07) is 0. The Morgan fingerprint density at radius 1 is 1.06 bits per heavy atom. The van der Waals surface area contributed by atoms with Gasteiger partial charge in [0.25, 0.3) is 0 Å². The number of aliphatic carboxylic acids is 1. The topological polar surface area (TPSA) is 66.4 Å². The number of amides is 1. The first-order chi connectivity index (χ1) is 8.55. The van der Waals surface area contributed by atoms with Crippen LogP contribution in [0, 0.1) is 23.2 Å². The molecule has 4 heteroatoms. The van der Waals surface area contributed by atoms with Gasteiger partial charge in [-0.2, -0.15) is 0 Å². The number of rotatable bonds is 4. The van der Waals surface area contributed by atoms with E-state index in [-0.39, 0.29) is 5.91 Å². The van der Waals surface area contributed by atoms with Crippen molar-refractivity contribution in [1.29, 1.82) is 0 Å². The Bertz CT molecular complexity index is 342. The predicted molar refractivity (Wildman–Crippen MR) is 65.9 cm³/mol. The van der Waals surface area contributed by atoms with Crippen molar-refractivity contribution in [3.63, 3.8) is 0 Å². The highest BCUT2D eigenvalue weighted by Crippen LogP contribution is 2.59. The summed E-state index contributed by atoms with van der Waals surface area (Å²) < 4.78 is 0. The average Bonchev–Trinajstić information content (AvgIpc) is 2.23. The van der Waals surface area contributed by atoms with Gasteiger partial charge in [0, 0.05) is 6.54 Å². The van der Waals surface area contributed by atoms with Crippen molar-refractivity contribution in [2.75, 3.05) is 6.54 Å². The molecule has 0 saturated heterocycles. The SMILES string of the molecule is O=C(O)CC(=O)NCC12CC3CC(CC(C3)C1)C2. The van der Waals surface area contributed by atoms with Crippen molar-refractivity contribution < 1.29 is 14.7 Å². The van der Waals surface area contributed by atoms with Crippen molar-refractivity contribution in [2.24, 2.45) is 23.2 Å². The molecule has 18 heavy (non-hydrogen) atoms. The monoisotopic (exact) mass is 251 g/mol. The minimum Gasteiger partial charge on any atom is -0.481 e. The molecule has 4 bridgehead atoms. The van der Waals surface area contributed by atoms with Gasteiger partial charge in [-0.05, 0) is 61.7 Å². The minimum absolute atomic E-state index is 0.295. The van der Waals surface area contributed by atoms with Gasteiger partial charge in [0.05, 0.1) is 0 Å². The Morgan fingerprint density at radius 3 is 2.00 bits per heavy atom. The maximum atomic E-state index is 11.5. The Morgan fingerprint density at radius 2 is 1.56 bits per heavy atom. The van der Waals surface area contributed by atoms with Crippen molar-refractivity contribution in [2.45, 2.75) is 44.9 Å². The van der Waals surface area contributed by atoms with Crippen LogP contribution in [0.15, 0.2) is 0 Å². The number of nitrogens with one attached hydrogen (secondary N) is 1. The Balaban J connectivity index is 1.59. The summed E-state index contributed by atoms with van der Waals surface area (Å²) in [4.78, 5) is 21.9. The van der Waals surface area contributed by atoms with Crippen LogP contribution in [0.2, 0.25) is 0 Å². The van der Waals surface area contributed by atoms with E-state index < -0.39 is 12.4 Å². The minimum atomic E-state index is -1.04. The smallest absolute Gasteiger partial charge is 0.312 e. The lowest BCUT2D eigenvalue weighted by atomic mass is 9.49. The van der Waals surface area contributed by atoms with E-state index in [1.165, 1.54) is 38.5 Å². The molecule has 1 amide bonds. The molecule has 0 aromatic carbocycles. The lowest BCUT2D eigenvalue weighted by Crippen LogP contribution is -2.51. The first-order valence-corrected chi connectivity index (χ1v) is 7.03. The van der Waals surface area contributed by atoms with Gasteiger partial charge in [-0.1, -0.05) is 0 Å². The van der Waals surface area contributed by atoms with Crippen LogP contribution in [0.25, 0.3) is 0 Å². The molecule has 4 fully saturated rings. The molecule has 0 atom stereocenters. The molecule has 0 unspecified atom stereocenters. The molecular weight excluding hydrogens is 230 g/mol. The van der Waals surface area contributed by atoms with E-state index in [0.717, 1.165) is 17.8 Å². The van der Waals surface area contributed by atoms with Crippen LogP contribution in [0.5, 0.6) is 0 Å². The zero-order valence-corrected chi connectivity index (χ0v) is 10.7. The zero-order chi connectivity index (χ0) is 12.8. The van der Waals surface area contributed by atoms with Crippen molar-refractivity contribution >= 4 is 11.9 Å². The molecule has 0 spiro atoms. The molecule has 0 aliphatic heterocycles. The van der Waals surface area contributed by atoms with Crippen molar-refractivity contribution in [3.8, 4) is 0 Å². The number of carbonyl (C=O) groups is 2. The van der Waals surface area contributed by atoms with Gasteiger partial charge in [0.2, 0.25) is 5.91 Å². The van der Waals surface area contributed by atoms with Gasteiger partial charge in [0.1, 0.15) is 6.42 Å². The van der Waals surface area contributed by atoms with E-state index in [2.05, 4.69) is 5.32 Å². The first-order valence-electron chi connectivity index (χ1n) is 7.03. The zero-order valence-electron chi connectivity index (χ0n) is 10.7. The molecule has 0 aromatic rings. The number of carbonyl (C=O) groups excluding carboxylic acids is 1. The van der Waals surface area contributed by atoms with E-state index >= 15 is 0 Å². The number of carboxylic acid groups (broad SMARTS) is 1. The van der Waals surface area contributed by atoms with Crippen LogP contribution in [0.1, 0.15) is 44.9 Å². The molecule has 4 saturated carbocycles. The quantitative estimate of drug-likeness (QED) is 0.749. The van der Waals surface area contributed by atoms with Crippen LogP contribution in [0.3, 0.4) is 0 Å². The maximum Gasteiger partial charge on any atom is 0.312 e. The van der Waals surface area contributed by atoms with E-state index in [0.29, 0.717) is 12.0 Å². The number of hydrogen-bond acceptors (Lipinski definition) is 2. The van der Waals surface area contributed by atoms with Gasteiger partial charge >= 0.3 is 5.97 Å². The molecule has 0 radical (unpaired) electrons. The fourth-order valence-electron chi connectivity index (χ4n) is 4.99. The molecule has 4 rings (SSSR count). The highest BCUT2D eigenvalue weighted by molar-refractivity contribution is 5.93.